The van der Waals surface area contributed by atoms with Crippen molar-refractivity contribution in [3.05, 3.63) is 35.1 Å². The molecule has 0 radical (unpaired) electrons. The third-order valence-electron chi connectivity index (χ3n) is 8.53. The van der Waals surface area contributed by atoms with Crippen molar-refractivity contribution in [2.45, 2.75) is 49.5 Å². The van der Waals surface area contributed by atoms with Crippen LogP contribution in [0, 0.1) is 11.3 Å². The first-order chi connectivity index (χ1) is 14.0. The Morgan fingerprint density at radius 1 is 1.21 bits per heavy atom. The van der Waals surface area contributed by atoms with E-state index in [1.165, 1.54) is 11.1 Å². The number of piperidine rings is 1. The Kier molecular flexibility index (Phi) is 4.11. The van der Waals surface area contributed by atoms with Crippen LogP contribution in [0.4, 0.5) is 0 Å². The second-order valence-corrected chi connectivity index (χ2v) is 9.86. The van der Waals surface area contributed by atoms with Gasteiger partial charge in [-0.05, 0) is 38.4 Å². The first-order valence-corrected chi connectivity index (χ1v) is 11.2. The van der Waals surface area contributed by atoms with Gasteiger partial charge in [0, 0.05) is 49.0 Å². The van der Waals surface area contributed by atoms with Crippen LogP contribution in [-0.2, 0) is 9.47 Å². The van der Waals surface area contributed by atoms with Crippen molar-refractivity contribution in [1.29, 1.82) is 0 Å². The van der Waals surface area contributed by atoms with E-state index in [-0.39, 0.29) is 11.5 Å². The highest BCUT2D eigenvalue weighted by Gasteiger charge is 2.67. The van der Waals surface area contributed by atoms with Gasteiger partial charge in [-0.25, -0.2) is 0 Å². The van der Waals surface area contributed by atoms with Gasteiger partial charge in [0.1, 0.15) is 23.6 Å². The molecule has 0 aromatic rings. The molecular formula is C23H32N2O4. The first-order valence-electron chi connectivity index (χ1n) is 11.2. The second-order valence-electron chi connectivity index (χ2n) is 9.86. The Hall–Kier alpha value is -1.18. The molecule has 6 heteroatoms. The average molecular weight is 401 g/mol. The molecule has 2 bridgehead atoms. The molecule has 6 aliphatic rings. The minimum absolute atomic E-state index is 0.182. The Bertz CT molecular complexity index is 801. The van der Waals surface area contributed by atoms with E-state index in [2.05, 4.69) is 29.0 Å². The van der Waals surface area contributed by atoms with Gasteiger partial charge in [0.15, 0.2) is 0 Å². The van der Waals surface area contributed by atoms with Crippen molar-refractivity contribution in [3.63, 3.8) is 0 Å². The number of likely N-dealkylation sites (tertiary alicyclic amines) is 1. The van der Waals surface area contributed by atoms with Gasteiger partial charge in [-0.3, -0.25) is 4.90 Å². The predicted molar refractivity (Wildman–Crippen MR) is 108 cm³/mol. The molecule has 158 valence electrons. The highest BCUT2D eigenvalue weighted by atomic mass is 16.5. The molecule has 0 aromatic carbocycles. The van der Waals surface area contributed by atoms with Crippen LogP contribution in [0.1, 0.15) is 25.7 Å². The molecule has 6 nitrogen and oxygen atoms in total. The Morgan fingerprint density at radius 3 is 2.86 bits per heavy atom. The minimum atomic E-state index is -0.969. The minimum Gasteiger partial charge on any atom is -0.487 e. The quantitative estimate of drug-likeness (QED) is 0.691. The zero-order valence-electron chi connectivity index (χ0n) is 17.2. The number of aliphatic hydroxyl groups is 2. The molecule has 3 fully saturated rings. The Labute approximate surface area is 172 Å². The summed E-state index contributed by atoms with van der Waals surface area (Å²) in [7, 11) is 2.22. The molecular weight excluding hydrogens is 368 g/mol. The van der Waals surface area contributed by atoms with Gasteiger partial charge in [0.2, 0.25) is 0 Å². The van der Waals surface area contributed by atoms with E-state index >= 15 is 0 Å². The van der Waals surface area contributed by atoms with E-state index in [1.54, 1.807) is 0 Å². The Balaban J connectivity index is 1.38. The van der Waals surface area contributed by atoms with Gasteiger partial charge in [0.25, 0.3) is 0 Å². The number of hydrogen-bond acceptors (Lipinski definition) is 6. The van der Waals surface area contributed by atoms with Crippen LogP contribution in [0.2, 0.25) is 0 Å². The topological polar surface area (TPSA) is 65.4 Å². The summed E-state index contributed by atoms with van der Waals surface area (Å²) in [5, 5.41) is 22.6. The fraction of sp³-hybridized carbons (Fsp3) is 0.739. The van der Waals surface area contributed by atoms with Crippen LogP contribution < -0.4 is 0 Å². The SMILES string of the molecule is CN1CC[C@]23C4=C5O[C@H]2[C@@H](O)C=C[C@H]3[C@H]1CC4=CCC5(O)CCN1CCOCC1. The zero-order chi connectivity index (χ0) is 19.8. The smallest absolute Gasteiger partial charge is 0.138 e. The molecule has 1 unspecified atom stereocenters. The maximum absolute atomic E-state index is 11.8. The van der Waals surface area contributed by atoms with E-state index in [9.17, 15) is 10.2 Å². The molecule has 3 heterocycles. The number of nitrogens with zero attached hydrogens (tertiary/aromatic N) is 2. The summed E-state index contributed by atoms with van der Waals surface area (Å²) in [6.45, 7) is 5.25. The molecule has 3 aliphatic carbocycles. The molecule has 2 N–H and O–H groups in total. The van der Waals surface area contributed by atoms with Gasteiger partial charge in [-0.1, -0.05) is 18.2 Å². The highest BCUT2D eigenvalue weighted by Crippen LogP contribution is 2.66. The molecule has 0 amide bonds. The third kappa shape index (κ3) is 2.47. The van der Waals surface area contributed by atoms with Gasteiger partial charge in [-0.15, -0.1) is 0 Å². The van der Waals surface area contributed by atoms with Gasteiger partial charge < -0.3 is 24.6 Å². The largest absolute Gasteiger partial charge is 0.487 e. The number of ether oxygens (including phenoxy) is 2. The molecule has 29 heavy (non-hydrogen) atoms. The summed E-state index contributed by atoms with van der Waals surface area (Å²) >= 11 is 0. The van der Waals surface area contributed by atoms with E-state index in [4.69, 9.17) is 9.47 Å². The fourth-order valence-corrected chi connectivity index (χ4v) is 6.94. The van der Waals surface area contributed by atoms with Crippen molar-refractivity contribution in [2.75, 3.05) is 46.4 Å². The van der Waals surface area contributed by atoms with Crippen molar-refractivity contribution in [3.8, 4) is 0 Å². The maximum Gasteiger partial charge on any atom is 0.138 e. The summed E-state index contributed by atoms with van der Waals surface area (Å²) in [5.41, 5.74) is 1.45. The van der Waals surface area contributed by atoms with Crippen LogP contribution in [0.5, 0.6) is 0 Å². The molecule has 1 saturated carbocycles. The summed E-state index contributed by atoms with van der Waals surface area (Å²) < 4.78 is 12.0. The molecule has 2 saturated heterocycles. The lowest BCUT2D eigenvalue weighted by molar-refractivity contribution is -0.104. The van der Waals surface area contributed by atoms with E-state index in [0.717, 1.165) is 58.0 Å². The monoisotopic (exact) mass is 400 g/mol. The summed E-state index contributed by atoms with van der Waals surface area (Å²) in [6, 6.07) is 0.451. The normalized spacial score (nSPS) is 46.4. The van der Waals surface area contributed by atoms with Crippen LogP contribution in [0.25, 0.3) is 0 Å². The number of rotatable bonds is 3. The van der Waals surface area contributed by atoms with Crippen molar-refractivity contribution in [2.24, 2.45) is 11.3 Å². The lowest BCUT2D eigenvalue weighted by Crippen LogP contribution is -2.62. The van der Waals surface area contributed by atoms with Crippen LogP contribution in [0.3, 0.4) is 0 Å². The first kappa shape index (κ1) is 18.6. The molecule has 6 atom stereocenters. The number of hydrogen-bond donors (Lipinski definition) is 2. The number of morpholine rings is 1. The standard InChI is InChI=1S/C23H32N2O4/c1-24-8-7-23-16-2-3-18(26)20(23)29-21-19(23)15(14-17(16)24)4-5-22(21,27)6-9-25-10-12-28-13-11-25/h2-4,16-18,20,26-27H,5-14H2,1H3/t16-,17+,18-,20-,22?,23-/m0/s1. The van der Waals surface area contributed by atoms with E-state index < -0.39 is 11.7 Å². The summed E-state index contributed by atoms with van der Waals surface area (Å²) in [6.07, 6.45) is 8.83. The average Bonchev–Trinajstić information content (AvgIpc) is 3.10. The number of aliphatic hydroxyl groups excluding tert-OH is 1. The Morgan fingerprint density at radius 2 is 2.03 bits per heavy atom. The van der Waals surface area contributed by atoms with Crippen LogP contribution in [0.15, 0.2) is 35.1 Å². The fourth-order valence-electron chi connectivity index (χ4n) is 6.94. The molecule has 0 aromatic heterocycles. The van der Waals surface area contributed by atoms with Gasteiger partial charge in [0.05, 0.1) is 13.2 Å². The van der Waals surface area contributed by atoms with Crippen LogP contribution in [-0.4, -0.2) is 90.3 Å². The summed E-state index contributed by atoms with van der Waals surface area (Å²) in [4.78, 5) is 4.85. The lowest BCUT2D eigenvalue weighted by atomic mass is 9.51. The maximum atomic E-state index is 11.8. The van der Waals surface area contributed by atoms with Crippen molar-refractivity contribution >= 4 is 0 Å². The summed E-state index contributed by atoms with van der Waals surface area (Å²) in [5.74, 6) is 1.13. The van der Waals surface area contributed by atoms with Crippen LogP contribution >= 0.6 is 0 Å². The molecule has 1 spiro atoms. The highest BCUT2D eigenvalue weighted by molar-refractivity contribution is 5.55. The van der Waals surface area contributed by atoms with Crippen molar-refractivity contribution < 1.29 is 19.7 Å². The van der Waals surface area contributed by atoms with Crippen molar-refractivity contribution in [1.82, 2.24) is 9.80 Å². The zero-order valence-corrected chi connectivity index (χ0v) is 17.2. The molecule has 3 aliphatic heterocycles. The third-order valence-corrected chi connectivity index (χ3v) is 8.53. The van der Waals surface area contributed by atoms with Gasteiger partial charge >= 0.3 is 0 Å². The second kappa shape index (κ2) is 6.41. The lowest BCUT2D eigenvalue weighted by Gasteiger charge is -2.58. The van der Waals surface area contributed by atoms with Gasteiger partial charge in [-0.2, -0.15) is 0 Å². The van der Waals surface area contributed by atoms with E-state index in [0.29, 0.717) is 24.8 Å². The predicted octanol–water partition coefficient (Wildman–Crippen LogP) is 1.06. The van der Waals surface area contributed by atoms with E-state index in [1.807, 2.05) is 6.08 Å². The molecule has 6 rings (SSSR count).